The smallest absolute Gasteiger partial charge is 0.261 e. The summed E-state index contributed by atoms with van der Waals surface area (Å²) in [4.78, 5) is 23.4. The second-order valence-corrected chi connectivity index (χ2v) is 5.19. The predicted molar refractivity (Wildman–Crippen MR) is 84.8 cm³/mol. The summed E-state index contributed by atoms with van der Waals surface area (Å²) in [5.41, 5.74) is 1.33. The average Bonchev–Trinajstić information content (AvgIpc) is 2.54. The van der Waals surface area contributed by atoms with E-state index < -0.39 is 6.10 Å². The first kappa shape index (κ1) is 16.7. The zero-order valence-corrected chi connectivity index (χ0v) is 13.0. The van der Waals surface area contributed by atoms with Crippen LogP contribution in [-0.2, 0) is 11.3 Å². The number of rotatable bonds is 6. The molecule has 1 unspecified atom stereocenters. The van der Waals surface area contributed by atoms with Crippen LogP contribution in [0.4, 0.5) is 4.39 Å². The van der Waals surface area contributed by atoms with Gasteiger partial charge < -0.3 is 10.1 Å². The second-order valence-electron chi connectivity index (χ2n) is 5.19. The highest BCUT2D eigenvalue weighted by atomic mass is 19.1. The van der Waals surface area contributed by atoms with Gasteiger partial charge in [0.15, 0.2) is 11.9 Å². The molecule has 0 saturated heterocycles. The molecule has 120 valence electrons. The van der Waals surface area contributed by atoms with Crippen LogP contribution < -0.4 is 10.1 Å². The highest BCUT2D eigenvalue weighted by Crippen LogP contribution is 2.15. The summed E-state index contributed by atoms with van der Waals surface area (Å²) in [6.07, 6.45) is -0.711. The highest BCUT2D eigenvalue weighted by Gasteiger charge is 2.14. The summed E-state index contributed by atoms with van der Waals surface area (Å²) in [5.74, 6) is -0.212. The van der Waals surface area contributed by atoms with Crippen molar-refractivity contribution >= 4 is 11.7 Å². The molecule has 0 aliphatic heterocycles. The van der Waals surface area contributed by atoms with Gasteiger partial charge in [-0.25, -0.2) is 4.39 Å². The normalized spacial score (nSPS) is 11.6. The SMILES string of the molecule is CC(=O)c1cccc(OC(C)C(=O)NCc2ccc(F)cc2)c1. The third-order valence-electron chi connectivity index (χ3n) is 3.30. The van der Waals surface area contributed by atoms with E-state index in [4.69, 9.17) is 4.74 Å². The van der Waals surface area contributed by atoms with E-state index in [0.717, 1.165) is 5.56 Å². The van der Waals surface area contributed by atoms with Crippen molar-refractivity contribution in [1.29, 1.82) is 0 Å². The van der Waals surface area contributed by atoms with Crippen LogP contribution in [0.3, 0.4) is 0 Å². The van der Waals surface area contributed by atoms with Crippen LogP contribution in [0.1, 0.15) is 29.8 Å². The number of halogens is 1. The van der Waals surface area contributed by atoms with Crippen molar-refractivity contribution < 1.29 is 18.7 Å². The van der Waals surface area contributed by atoms with Crippen LogP contribution in [0.2, 0.25) is 0 Å². The fourth-order valence-corrected chi connectivity index (χ4v) is 1.98. The van der Waals surface area contributed by atoms with Crippen LogP contribution in [0.5, 0.6) is 5.75 Å². The lowest BCUT2D eigenvalue weighted by molar-refractivity contribution is -0.127. The monoisotopic (exact) mass is 315 g/mol. The molecular weight excluding hydrogens is 297 g/mol. The van der Waals surface area contributed by atoms with Gasteiger partial charge in [0, 0.05) is 12.1 Å². The number of benzene rings is 2. The van der Waals surface area contributed by atoms with Gasteiger partial charge in [-0.05, 0) is 43.7 Å². The standard InChI is InChI=1S/C18H18FNO3/c1-12(21)15-4-3-5-17(10-15)23-13(2)18(22)20-11-14-6-8-16(19)9-7-14/h3-10,13H,11H2,1-2H3,(H,20,22). The van der Waals surface area contributed by atoms with Crippen molar-refractivity contribution in [3.8, 4) is 5.75 Å². The minimum absolute atomic E-state index is 0.0659. The van der Waals surface area contributed by atoms with Gasteiger partial charge in [-0.15, -0.1) is 0 Å². The van der Waals surface area contributed by atoms with E-state index in [-0.39, 0.29) is 17.5 Å². The lowest BCUT2D eigenvalue weighted by atomic mass is 10.1. The largest absolute Gasteiger partial charge is 0.481 e. The predicted octanol–water partition coefficient (Wildman–Crippen LogP) is 3.11. The number of nitrogens with one attached hydrogen (secondary N) is 1. The summed E-state index contributed by atoms with van der Waals surface area (Å²) >= 11 is 0. The molecule has 0 fully saturated rings. The van der Waals surface area contributed by atoms with Gasteiger partial charge in [0.05, 0.1) is 0 Å². The second kappa shape index (κ2) is 7.54. The van der Waals surface area contributed by atoms with Crippen LogP contribution in [-0.4, -0.2) is 17.8 Å². The van der Waals surface area contributed by atoms with Crippen LogP contribution >= 0.6 is 0 Å². The van der Waals surface area contributed by atoms with E-state index in [0.29, 0.717) is 17.9 Å². The third kappa shape index (κ3) is 4.92. The summed E-state index contributed by atoms with van der Waals surface area (Å²) < 4.78 is 18.4. The lowest BCUT2D eigenvalue weighted by Crippen LogP contribution is -2.35. The number of hydrogen-bond donors (Lipinski definition) is 1. The molecule has 0 heterocycles. The first-order valence-electron chi connectivity index (χ1n) is 7.25. The molecule has 0 bridgehead atoms. The fraction of sp³-hybridized carbons (Fsp3) is 0.222. The van der Waals surface area contributed by atoms with Gasteiger partial charge in [-0.3, -0.25) is 9.59 Å². The van der Waals surface area contributed by atoms with Crippen molar-refractivity contribution in [3.05, 3.63) is 65.5 Å². The summed E-state index contributed by atoms with van der Waals surface area (Å²) in [6.45, 7) is 3.39. The van der Waals surface area contributed by atoms with Crippen molar-refractivity contribution in [2.45, 2.75) is 26.5 Å². The Morgan fingerprint density at radius 2 is 1.87 bits per heavy atom. The van der Waals surface area contributed by atoms with E-state index >= 15 is 0 Å². The van der Waals surface area contributed by atoms with Gasteiger partial charge in [-0.2, -0.15) is 0 Å². The molecule has 2 rings (SSSR count). The first-order valence-corrected chi connectivity index (χ1v) is 7.25. The van der Waals surface area contributed by atoms with E-state index in [1.807, 2.05) is 0 Å². The van der Waals surface area contributed by atoms with Gasteiger partial charge >= 0.3 is 0 Å². The summed E-state index contributed by atoms with van der Waals surface area (Å²) in [7, 11) is 0. The number of ketones is 1. The number of carbonyl (C=O) groups is 2. The summed E-state index contributed by atoms with van der Waals surface area (Å²) in [5, 5.41) is 2.72. The quantitative estimate of drug-likeness (QED) is 0.833. The van der Waals surface area contributed by atoms with Crippen molar-refractivity contribution in [1.82, 2.24) is 5.32 Å². The molecule has 0 aromatic heterocycles. The maximum absolute atomic E-state index is 12.8. The van der Waals surface area contributed by atoms with Gasteiger partial charge in [-0.1, -0.05) is 24.3 Å². The van der Waals surface area contributed by atoms with Gasteiger partial charge in [0.2, 0.25) is 0 Å². The zero-order valence-electron chi connectivity index (χ0n) is 13.0. The molecular formula is C18H18FNO3. The van der Waals surface area contributed by atoms with Crippen molar-refractivity contribution in [2.75, 3.05) is 0 Å². The number of amides is 1. The molecule has 1 N–H and O–H groups in total. The Morgan fingerprint density at radius 1 is 1.17 bits per heavy atom. The third-order valence-corrected chi connectivity index (χ3v) is 3.30. The van der Waals surface area contributed by atoms with E-state index in [1.165, 1.54) is 19.1 Å². The van der Waals surface area contributed by atoms with Crippen molar-refractivity contribution in [3.63, 3.8) is 0 Å². The Morgan fingerprint density at radius 3 is 2.52 bits per heavy atom. The molecule has 23 heavy (non-hydrogen) atoms. The van der Waals surface area contributed by atoms with E-state index in [9.17, 15) is 14.0 Å². The molecule has 4 nitrogen and oxygen atoms in total. The van der Waals surface area contributed by atoms with Gasteiger partial charge in [0.1, 0.15) is 11.6 Å². The van der Waals surface area contributed by atoms with Crippen LogP contribution in [0, 0.1) is 5.82 Å². The number of carbonyl (C=O) groups excluding carboxylic acids is 2. The molecule has 1 amide bonds. The number of hydrogen-bond acceptors (Lipinski definition) is 3. The molecule has 2 aromatic rings. The molecule has 0 radical (unpaired) electrons. The van der Waals surface area contributed by atoms with Crippen molar-refractivity contribution in [2.24, 2.45) is 0 Å². The summed E-state index contributed by atoms with van der Waals surface area (Å²) in [6, 6.07) is 12.6. The topological polar surface area (TPSA) is 55.4 Å². The highest BCUT2D eigenvalue weighted by molar-refractivity contribution is 5.94. The Balaban J connectivity index is 1.90. The maximum atomic E-state index is 12.8. The van der Waals surface area contributed by atoms with Gasteiger partial charge in [0.25, 0.3) is 5.91 Å². The molecule has 5 heteroatoms. The molecule has 0 aliphatic rings. The first-order chi connectivity index (χ1) is 11.0. The Kier molecular flexibility index (Phi) is 5.46. The molecule has 0 aliphatic carbocycles. The Hall–Kier alpha value is -2.69. The zero-order chi connectivity index (χ0) is 16.8. The minimum Gasteiger partial charge on any atom is -0.481 e. The number of ether oxygens (including phenoxy) is 1. The molecule has 2 aromatic carbocycles. The van der Waals surface area contributed by atoms with E-state index in [1.54, 1.807) is 43.3 Å². The average molecular weight is 315 g/mol. The minimum atomic E-state index is -0.711. The molecule has 0 spiro atoms. The molecule has 1 atom stereocenters. The van der Waals surface area contributed by atoms with Crippen LogP contribution in [0.25, 0.3) is 0 Å². The Labute approximate surface area is 134 Å². The van der Waals surface area contributed by atoms with E-state index in [2.05, 4.69) is 5.32 Å². The Bertz CT molecular complexity index is 698. The maximum Gasteiger partial charge on any atom is 0.261 e. The lowest BCUT2D eigenvalue weighted by Gasteiger charge is -2.15. The molecule has 0 saturated carbocycles. The van der Waals surface area contributed by atoms with Crippen LogP contribution in [0.15, 0.2) is 48.5 Å². The fourth-order valence-electron chi connectivity index (χ4n) is 1.98. The number of Topliss-reactive ketones (excluding diaryl/α,β-unsaturated/α-hetero) is 1.